The van der Waals surface area contributed by atoms with E-state index in [4.69, 9.17) is 16.3 Å². The predicted octanol–water partition coefficient (Wildman–Crippen LogP) is 2.16. The Morgan fingerprint density at radius 3 is 2.46 bits per heavy atom. The van der Waals surface area contributed by atoms with Crippen LogP contribution >= 0.6 is 11.6 Å². The zero-order valence-corrected chi connectivity index (χ0v) is 15.4. The van der Waals surface area contributed by atoms with E-state index >= 15 is 0 Å². The highest BCUT2D eigenvalue weighted by molar-refractivity contribution is 6.31. The molecule has 10 heteroatoms. The lowest BCUT2D eigenvalue weighted by atomic mass is 10.1. The number of nitro benzene ring substituents is 1. The van der Waals surface area contributed by atoms with E-state index < -0.39 is 16.7 Å². The average molecular weight is 405 g/mol. The lowest BCUT2D eigenvalue weighted by Gasteiger charge is -2.30. The van der Waals surface area contributed by atoms with E-state index in [2.05, 4.69) is 10.9 Å². The van der Waals surface area contributed by atoms with Crippen LogP contribution in [-0.4, -0.2) is 43.0 Å². The number of nitrogens with zero attached hydrogens (tertiary/aromatic N) is 2. The van der Waals surface area contributed by atoms with Crippen molar-refractivity contribution in [3.05, 3.63) is 68.7 Å². The number of carbonyl (C=O) groups excluding carboxylic acids is 2. The molecule has 2 amide bonds. The van der Waals surface area contributed by atoms with Gasteiger partial charge in [-0.25, -0.2) is 0 Å². The van der Waals surface area contributed by atoms with Crippen LogP contribution in [0.4, 0.5) is 11.4 Å². The van der Waals surface area contributed by atoms with Gasteiger partial charge in [0.1, 0.15) is 0 Å². The molecule has 1 fully saturated rings. The summed E-state index contributed by atoms with van der Waals surface area (Å²) in [6.07, 6.45) is 0. The maximum absolute atomic E-state index is 12.7. The third kappa shape index (κ3) is 4.56. The topological polar surface area (TPSA) is 114 Å². The molecule has 2 aromatic rings. The number of nitrogens with one attached hydrogen (secondary N) is 2. The van der Waals surface area contributed by atoms with E-state index in [-0.39, 0.29) is 16.8 Å². The molecular weight excluding hydrogens is 388 g/mol. The number of hydrogen-bond donors (Lipinski definition) is 2. The Bertz CT molecular complexity index is 915. The fourth-order valence-corrected chi connectivity index (χ4v) is 2.97. The van der Waals surface area contributed by atoms with Gasteiger partial charge >= 0.3 is 0 Å². The summed E-state index contributed by atoms with van der Waals surface area (Å²) in [6, 6.07) is 10.3. The molecule has 0 radical (unpaired) electrons. The van der Waals surface area contributed by atoms with Gasteiger partial charge in [-0.05, 0) is 24.3 Å². The van der Waals surface area contributed by atoms with Gasteiger partial charge < -0.3 is 9.64 Å². The molecule has 0 saturated carbocycles. The number of ether oxygens (including phenoxy) is 1. The monoisotopic (exact) mass is 404 g/mol. The first-order valence-electron chi connectivity index (χ1n) is 8.43. The zero-order chi connectivity index (χ0) is 20.1. The number of halogens is 1. The zero-order valence-electron chi connectivity index (χ0n) is 14.7. The third-order valence-corrected chi connectivity index (χ3v) is 4.40. The Hall–Kier alpha value is -3.17. The number of benzene rings is 2. The average Bonchev–Trinajstić information content (AvgIpc) is 2.72. The second kappa shape index (κ2) is 8.68. The Balaban J connectivity index is 1.79. The molecule has 0 atom stereocenters. The number of rotatable bonds is 4. The van der Waals surface area contributed by atoms with E-state index in [1.54, 1.807) is 18.2 Å². The van der Waals surface area contributed by atoms with Gasteiger partial charge in [-0.3, -0.25) is 30.6 Å². The quantitative estimate of drug-likeness (QED) is 0.596. The van der Waals surface area contributed by atoms with E-state index in [1.807, 2.05) is 4.90 Å². The first-order valence-corrected chi connectivity index (χ1v) is 8.81. The van der Waals surface area contributed by atoms with Gasteiger partial charge in [0.2, 0.25) is 0 Å². The summed E-state index contributed by atoms with van der Waals surface area (Å²) in [6.45, 7) is 2.08. The fourth-order valence-electron chi connectivity index (χ4n) is 2.78. The van der Waals surface area contributed by atoms with Crippen LogP contribution in [0.15, 0.2) is 42.5 Å². The molecule has 0 unspecified atom stereocenters. The maximum atomic E-state index is 12.7. The lowest BCUT2D eigenvalue weighted by Crippen LogP contribution is -2.43. The molecule has 1 saturated heterocycles. The molecule has 0 bridgehead atoms. The highest BCUT2D eigenvalue weighted by atomic mass is 35.5. The summed E-state index contributed by atoms with van der Waals surface area (Å²) < 4.78 is 5.30. The number of hydrazine groups is 1. The van der Waals surface area contributed by atoms with Crippen molar-refractivity contribution in [1.82, 2.24) is 10.9 Å². The Morgan fingerprint density at radius 1 is 1.07 bits per heavy atom. The minimum atomic E-state index is -0.666. The van der Waals surface area contributed by atoms with E-state index in [1.165, 1.54) is 24.3 Å². The molecule has 0 aromatic heterocycles. The second-order valence-electron chi connectivity index (χ2n) is 5.98. The summed E-state index contributed by atoms with van der Waals surface area (Å²) in [4.78, 5) is 37.3. The van der Waals surface area contributed by atoms with Crippen molar-refractivity contribution < 1.29 is 19.2 Å². The molecule has 1 heterocycles. The number of anilines is 1. The lowest BCUT2D eigenvalue weighted by molar-refractivity contribution is -0.384. The summed E-state index contributed by atoms with van der Waals surface area (Å²) in [5, 5.41) is 11.5. The number of nitro groups is 1. The molecule has 0 spiro atoms. The van der Waals surface area contributed by atoms with Gasteiger partial charge in [0.25, 0.3) is 17.5 Å². The molecular formula is C18H17ClN4O5. The van der Waals surface area contributed by atoms with Crippen LogP contribution < -0.4 is 15.8 Å². The van der Waals surface area contributed by atoms with E-state index in [9.17, 15) is 19.7 Å². The van der Waals surface area contributed by atoms with Gasteiger partial charge in [-0.1, -0.05) is 17.7 Å². The Labute approximate surface area is 165 Å². The highest BCUT2D eigenvalue weighted by Gasteiger charge is 2.22. The van der Waals surface area contributed by atoms with Gasteiger partial charge in [0.15, 0.2) is 0 Å². The maximum Gasteiger partial charge on any atom is 0.272 e. The van der Waals surface area contributed by atoms with Crippen LogP contribution in [0.1, 0.15) is 20.7 Å². The van der Waals surface area contributed by atoms with Crippen LogP contribution in [0, 0.1) is 10.1 Å². The number of amides is 2. The van der Waals surface area contributed by atoms with Crippen LogP contribution in [0.3, 0.4) is 0 Å². The Morgan fingerprint density at radius 2 is 1.79 bits per heavy atom. The molecule has 3 rings (SSSR count). The first kappa shape index (κ1) is 19.6. The second-order valence-corrected chi connectivity index (χ2v) is 6.41. The number of hydrogen-bond acceptors (Lipinski definition) is 6. The Kier molecular flexibility index (Phi) is 6.07. The molecule has 2 aromatic carbocycles. The normalized spacial score (nSPS) is 13.7. The van der Waals surface area contributed by atoms with Crippen molar-refractivity contribution in [2.24, 2.45) is 0 Å². The molecule has 0 aliphatic carbocycles. The summed E-state index contributed by atoms with van der Waals surface area (Å²) >= 11 is 5.85. The van der Waals surface area contributed by atoms with Crippen molar-refractivity contribution in [1.29, 1.82) is 0 Å². The van der Waals surface area contributed by atoms with Crippen molar-refractivity contribution in [2.75, 3.05) is 31.2 Å². The largest absolute Gasteiger partial charge is 0.378 e. The molecule has 1 aliphatic heterocycles. The van der Waals surface area contributed by atoms with Crippen molar-refractivity contribution in [3.8, 4) is 0 Å². The van der Waals surface area contributed by atoms with Gasteiger partial charge in [0.05, 0.1) is 29.4 Å². The molecule has 2 N–H and O–H groups in total. The fraction of sp³-hybridized carbons (Fsp3) is 0.222. The van der Waals surface area contributed by atoms with E-state index in [0.717, 1.165) is 0 Å². The first-order chi connectivity index (χ1) is 13.5. The number of carbonyl (C=O) groups is 2. The van der Waals surface area contributed by atoms with Gasteiger partial charge in [-0.2, -0.15) is 0 Å². The highest BCUT2D eigenvalue weighted by Crippen LogP contribution is 2.26. The van der Waals surface area contributed by atoms with Crippen molar-refractivity contribution in [3.63, 3.8) is 0 Å². The summed E-state index contributed by atoms with van der Waals surface area (Å²) in [7, 11) is 0. The minimum Gasteiger partial charge on any atom is -0.378 e. The van der Waals surface area contributed by atoms with Crippen LogP contribution in [0.25, 0.3) is 0 Å². The standard InChI is InChI=1S/C18H17ClN4O5/c19-13-3-1-2-12(10-13)17(24)20-21-18(25)15-11-14(23(26)27)4-5-16(15)22-6-8-28-9-7-22/h1-5,10-11H,6-9H2,(H,20,24)(H,21,25). The predicted molar refractivity (Wildman–Crippen MR) is 103 cm³/mol. The SMILES string of the molecule is O=C(NNC(=O)c1cc([N+](=O)[O-])ccc1N1CCOCC1)c1cccc(Cl)c1. The number of morpholine rings is 1. The molecule has 9 nitrogen and oxygen atoms in total. The van der Waals surface area contributed by atoms with Crippen LogP contribution in [0.5, 0.6) is 0 Å². The molecule has 146 valence electrons. The van der Waals surface area contributed by atoms with Crippen molar-refractivity contribution >= 4 is 34.8 Å². The van der Waals surface area contributed by atoms with Gasteiger partial charge in [0, 0.05) is 35.8 Å². The molecule has 28 heavy (non-hydrogen) atoms. The smallest absolute Gasteiger partial charge is 0.272 e. The third-order valence-electron chi connectivity index (χ3n) is 4.16. The van der Waals surface area contributed by atoms with Crippen LogP contribution in [-0.2, 0) is 4.74 Å². The summed E-state index contributed by atoms with van der Waals surface area (Å²) in [5.41, 5.74) is 5.25. The summed E-state index contributed by atoms with van der Waals surface area (Å²) in [5.74, 6) is -1.23. The minimum absolute atomic E-state index is 0.0856. The molecule has 1 aliphatic rings. The van der Waals surface area contributed by atoms with Gasteiger partial charge in [-0.15, -0.1) is 0 Å². The van der Waals surface area contributed by atoms with E-state index in [0.29, 0.717) is 37.0 Å². The van der Waals surface area contributed by atoms with Crippen molar-refractivity contribution in [2.45, 2.75) is 0 Å². The van der Waals surface area contributed by atoms with Crippen LogP contribution in [0.2, 0.25) is 5.02 Å². The number of non-ortho nitro benzene ring substituents is 1.